The molecule has 1 aliphatic rings. The summed E-state index contributed by atoms with van der Waals surface area (Å²) in [6.07, 6.45) is 2.53. The maximum absolute atomic E-state index is 2.53. The van der Waals surface area contributed by atoms with E-state index in [1.165, 1.54) is 11.1 Å². The number of halogens is 2. The second-order valence-electron chi connectivity index (χ2n) is 7.71. The predicted octanol–water partition coefficient (Wildman–Crippen LogP) is 6.64. The van der Waals surface area contributed by atoms with Crippen LogP contribution in [0.2, 0.25) is 19.6 Å². The van der Waals surface area contributed by atoms with Crippen LogP contribution in [0.15, 0.2) is 17.3 Å². The van der Waals surface area contributed by atoms with Gasteiger partial charge in [0.25, 0.3) is 0 Å². The molecule has 0 amide bonds. The van der Waals surface area contributed by atoms with Crippen molar-refractivity contribution in [2.45, 2.75) is 63.4 Å². The molecule has 0 radical (unpaired) electrons. The number of benzene rings is 1. The summed E-state index contributed by atoms with van der Waals surface area (Å²) in [5.74, 6) is 1.22. The minimum atomic E-state index is -1.23. The van der Waals surface area contributed by atoms with Crippen molar-refractivity contribution in [1.82, 2.24) is 0 Å². The zero-order valence-electron chi connectivity index (χ0n) is 14.8. The third-order valence-corrected chi connectivity index (χ3v) is 7.93. The molecule has 0 nitrogen and oxygen atoms in total. The number of hydrogen-bond acceptors (Lipinski definition) is 0. The number of allylic oxidation sites excluding steroid dienone is 1. The molecule has 0 fully saturated rings. The summed E-state index contributed by atoms with van der Waals surface area (Å²) < 4.78 is 0.618. The van der Waals surface area contributed by atoms with Crippen molar-refractivity contribution < 1.29 is 20.4 Å². The van der Waals surface area contributed by atoms with Gasteiger partial charge in [-0.3, -0.25) is 0 Å². The van der Waals surface area contributed by atoms with Gasteiger partial charge in [-0.2, -0.15) is 0 Å². The van der Waals surface area contributed by atoms with Crippen molar-refractivity contribution in [2.24, 2.45) is 0 Å². The molecular formula is C18H29Cl2SiTi. The second-order valence-corrected chi connectivity index (χ2v) is 13.7. The largest absolute Gasteiger partial charge is 0.147 e. The fraction of sp³-hybridized carbons (Fsp3) is 0.556. The van der Waals surface area contributed by atoms with Gasteiger partial charge in [-0.05, 0) is 0 Å². The molecule has 0 spiro atoms. The van der Waals surface area contributed by atoms with Gasteiger partial charge in [0.2, 0.25) is 0 Å². The first-order valence-electron chi connectivity index (χ1n) is 7.73. The van der Waals surface area contributed by atoms with Crippen molar-refractivity contribution in [2.75, 3.05) is 0 Å². The van der Waals surface area contributed by atoms with Gasteiger partial charge in [-0.15, -0.1) is 24.8 Å². The van der Waals surface area contributed by atoms with Crippen molar-refractivity contribution in [1.29, 1.82) is 0 Å². The van der Waals surface area contributed by atoms with Gasteiger partial charge in [0, 0.05) is 0 Å². The van der Waals surface area contributed by atoms with E-state index >= 15 is 0 Å². The van der Waals surface area contributed by atoms with Crippen molar-refractivity contribution in [3.63, 3.8) is 0 Å². The normalized spacial score (nSPS) is 16.9. The summed E-state index contributed by atoms with van der Waals surface area (Å²) >= 11 is 2.41. The third kappa shape index (κ3) is 4.30. The molecule has 0 aliphatic heterocycles. The Morgan fingerprint density at radius 2 is 1.50 bits per heavy atom. The molecule has 1 unspecified atom stereocenters. The zero-order chi connectivity index (χ0) is 15.2. The van der Waals surface area contributed by atoms with E-state index in [9.17, 15) is 0 Å². The van der Waals surface area contributed by atoms with Crippen LogP contribution in [0.25, 0.3) is 6.08 Å². The summed E-state index contributed by atoms with van der Waals surface area (Å²) in [5.41, 5.74) is 6.17. The molecule has 0 bridgehead atoms. The Morgan fingerprint density at radius 3 is 1.91 bits per heavy atom. The maximum Gasteiger partial charge on any atom is -0.147 e. The fourth-order valence-electron chi connectivity index (χ4n) is 3.00. The molecule has 0 saturated carbocycles. The standard InChI is InChI=1S/C18H27Si.2ClH.Ti/c1-12(2)14-8-15-9-16(19(5,6)7)11-18(15)17(10-14)13(3)4;;;/h8-13H,1-7H3;2*1H;. The molecule has 4 heteroatoms. The molecule has 1 atom stereocenters. The average molecular weight is 392 g/mol. The van der Waals surface area contributed by atoms with Crippen LogP contribution in [0.1, 0.15) is 66.0 Å². The maximum atomic E-state index is 2.53. The minimum Gasteiger partial charge on any atom is -0.147 e. The van der Waals surface area contributed by atoms with Gasteiger partial charge in [0.15, 0.2) is 0 Å². The second kappa shape index (κ2) is 8.03. The van der Waals surface area contributed by atoms with E-state index < -0.39 is 8.07 Å². The Bertz CT molecular complexity index is 557. The van der Waals surface area contributed by atoms with Crippen LogP contribution in [-0.2, 0) is 20.4 Å². The summed E-state index contributed by atoms with van der Waals surface area (Å²) in [7, 11) is -1.23. The van der Waals surface area contributed by atoms with Crippen molar-refractivity contribution in [3.8, 4) is 0 Å². The SMILES string of the molecule is CC(C)c1cc(C(C)C)c2c(c1)[CH]([Ti])C([Si](C)(C)C)=C2.Cl.Cl. The van der Waals surface area contributed by atoms with E-state index in [-0.39, 0.29) is 24.8 Å². The minimum absolute atomic E-state index is 0. The number of hydrogen-bond donors (Lipinski definition) is 0. The van der Waals surface area contributed by atoms with Crippen LogP contribution in [0.4, 0.5) is 0 Å². The smallest absolute Gasteiger partial charge is 0.147 e. The van der Waals surface area contributed by atoms with Crippen molar-refractivity contribution in [3.05, 3.63) is 39.6 Å². The van der Waals surface area contributed by atoms with E-state index in [1.807, 2.05) is 0 Å². The Kier molecular flexibility index (Phi) is 8.20. The molecule has 1 aliphatic carbocycles. The molecule has 0 N–H and O–H groups in total. The van der Waals surface area contributed by atoms with Gasteiger partial charge in [-0.25, -0.2) is 0 Å². The van der Waals surface area contributed by atoms with Crippen LogP contribution in [0.5, 0.6) is 0 Å². The van der Waals surface area contributed by atoms with Crippen LogP contribution >= 0.6 is 24.8 Å². The Balaban J connectivity index is 0.00000220. The summed E-state index contributed by atoms with van der Waals surface area (Å²) in [6.45, 7) is 16.7. The first kappa shape index (κ1) is 22.5. The fourth-order valence-corrected chi connectivity index (χ4v) is 7.13. The first-order valence-corrected chi connectivity index (χ1v) is 12.1. The Labute approximate surface area is 161 Å². The van der Waals surface area contributed by atoms with E-state index in [0.29, 0.717) is 16.1 Å². The average Bonchev–Trinajstić information content (AvgIpc) is 2.65. The van der Waals surface area contributed by atoms with E-state index in [4.69, 9.17) is 0 Å². The van der Waals surface area contributed by atoms with Gasteiger partial charge in [0.1, 0.15) is 0 Å². The molecule has 0 aromatic heterocycles. The van der Waals surface area contributed by atoms with Crippen LogP contribution in [0, 0.1) is 0 Å². The first-order chi connectivity index (χ1) is 9.12. The summed E-state index contributed by atoms with van der Waals surface area (Å²) in [4.78, 5) is 0. The Morgan fingerprint density at radius 1 is 0.955 bits per heavy atom. The predicted molar refractivity (Wildman–Crippen MR) is 103 cm³/mol. The van der Waals surface area contributed by atoms with Crippen LogP contribution < -0.4 is 0 Å². The molecule has 0 saturated heterocycles. The number of rotatable bonds is 3. The topological polar surface area (TPSA) is 0 Å². The zero-order valence-corrected chi connectivity index (χ0v) is 19.0. The molecule has 1 aromatic carbocycles. The van der Waals surface area contributed by atoms with E-state index in [2.05, 4.69) is 86.0 Å². The summed E-state index contributed by atoms with van der Waals surface area (Å²) in [5, 5.41) is 1.72. The van der Waals surface area contributed by atoms with Crippen molar-refractivity contribution >= 4 is 39.0 Å². The third-order valence-electron chi connectivity index (χ3n) is 4.34. The quantitative estimate of drug-likeness (QED) is 0.506. The molecule has 1 aromatic rings. The summed E-state index contributed by atoms with van der Waals surface area (Å²) in [6, 6.07) is 4.92. The molecule has 0 heterocycles. The molecule has 123 valence electrons. The van der Waals surface area contributed by atoms with Gasteiger partial charge < -0.3 is 0 Å². The number of fused-ring (bicyclic) bond motifs is 1. The van der Waals surface area contributed by atoms with Crippen LogP contribution in [0.3, 0.4) is 0 Å². The molecular weight excluding hydrogens is 363 g/mol. The van der Waals surface area contributed by atoms with Gasteiger partial charge in [-0.1, -0.05) is 0 Å². The van der Waals surface area contributed by atoms with Crippen LogP contribution in [-0.4, -0.2) is 8.07 Å². The molecule has 2 rings (SSSR count). The van der Waals surface area contributed by atoms with E-state index in [1.54, 1.807) is 16.3 Å². The van der Waals surface area contributed by atoms with Gasteiger partial charge >= 0.3 is 138 Å². The Hall–Kier alpha value is 0.471. The van der Waals surface area contributed by atoms with Gasteiger partial charge in [0.05, 0.1) is 0 Å². The monoisotopic (exact) mass is 391 g/mol. The molecule has 22 heavy (non-hydrogen) atoms. The van der Waals surface area contributed by atoms with E-state index in [0.717, 1.165) is 0 Å².